The normalized spacial score (nSPS) is 28.2. The highest BCUT2D eigenvalue weighted by Crippen LogP contribution is 2.36. The van der Waals surface area contributed by atoms with Crippen LogP contribution in [0, 0.1) is 41.4 Å². The number of carboxylic acid groups (broad SMARTS) is 1. The molecule has 40 heavy (non-hydrogen) atoms. The molecule has 0 aliphatic carbocycles. The Bertz CT molecular complexity index is 796. The minimum Gasteiger partial charge on any atom is -0.481 e. The standard InChI is InChI=1S/C33H60O7/c1-10-13-19(2)18-22(5)29(35)20(3)14-11-12-15-27(34)23(6)30(36)25(8)31(37)26(9)32-21(4)16-17-28(40-32)24(7)33(38)39/h11,14,18-21,23-32,34-37H,10,12-13,15-17H2,1-9H3,(H,38,39)/b14-11+,22-18+/t19-,20+,21-,23+,24-,25+,26+,27+,28+,29-,30+,31+,32-/m1/s1. The van der Waals surface area contributed by atoms with Crippen LogP contribution in [0.4, 0.5) is 0 Å². The molecule has 234 valence electrons. The minimum atomic E-state index is -0.914. The van der Waals surface area contributed by atoms with Gasteiger partial charge in [-0.15, -0.1) is 0 Å². The van der Waals surface area contributed by atoms with Gasteiger partial charge in [0.2, 0.25) is 0 Å². The van der Waals surface area contributed by atoms with Gasteiger partial charge in [0.1, 0.15) is 0 Å². The van der Waals surface area contributed by atoms with Crippen LogP contribution in [0.15, 0.2) is 23.8 Å². The number of ether oxygens (including phenoxy) is 1. The van der Waals surface area contributed by atoms with Gasteiger partial charge < -0.3 is 30.3 Å². The van der Waals surface area contributed by atoms with Gasteiger partial charge in [-0.3, -0.25) is 4.79 Å². The summed E-state index contributed by atoms with van der Waals surface area (Å²) in [7, 11) is 0. The van der Waals surface area contributed by atoms with Crippen molar-refractivity contribution in [3.63, 3.8) is 0 Å². The van der Waals surface area contributed by atoms with Crippen LogP contribution >= 0.6 is 0 Å². The van der Waals surface area contributed by atoms with Crippen molar-refractivity contribution in [2.75, 3.05) is 0 Å². The number of rotatable bonds is 17. The molecule has 0 unspecified atom stereocenters. The molecule has 5 N–H and O–H groups in total. The van der Waals surface area contributed by atoms with Crippen molar-refractivity contribution in [2.45, 2.75) is 137 Å². The van der Waals surface area contributed by atoms with Crippen LogP contribution in [0.3, 0.4) is 0 Å². The number of carboxylic acids is 1. The molecule has 0 aromatic heterocycles. The lowest BCUT2D eigenvalue weighted by molar-refractivity contribution is -0.169. The highest BCUT2D eigenvalue weighted by Gasteiger charge is 2.41. The van der Waals surface area contributed by atoms with Gasteiger partial charge in [-0.2, -0.15) is 0 Å². The van der Waals surface area contributed by atoms with E-state index in [0.29, 0.717) is 25.2 Å². The second-order valence-electron chi connectivity index (χ2n) is 12.9. The van der Waals surface area contributed by atoms with Crippen LogP contribution in [0.2, 0.25) is 0 Å². The molecule has 7 nitrogen and oxygen atoms in total. The molecule has 13 atom stereocenters. The zero-order chi connectivity index (χ0) is 30.7. The Hall–Kier alpha value is -1.25. The van der Waals surface area contributed by atoms with Gasteiger partial charge in [-0.05, 0) is 63.4 Å². The minimum absolute atomic E-state index is 0.0376. The second-order valence-corrected chi connectivity index (χ2v) is 12.9. The van der Waals surface area contributed by atoms with Gasteiger partial charge in [0.15, 0.2) is 0 Å². The second kappa shape index (κ2) is 17.6. The molecule has 0 saturated carbocycles. The number of aliphatic carboxylic acids is 1. The van der Waals surface area contributed by atoms with Crippen molar-refractivity contribution in [1.82, 2.24) is 0 Å². The number of aliphatic hydroxyl groups is 4. The van der Waals surface area contributed by atoms with Crippen molar-refractivity contribution in [1.29, 1.82) is 0 Å². The SMILES string of the molecule is CCC[C@@H](C)/C=C(\C)[C@H](O)[C@@H](C)/C=C/CC[C@H](O)[C@H](C)[C@H](O)[C@H](C)[C@H](O)[C@H](C)[C@@H]1O[C@H]([C@@H](C)C(=O)O)CC[C@H]1C. The third kappa shape index (κ3) is 10.9. The molecule has 0 radical (unpaired) electrons. The number of carbonyl (C=O) groups is 1. The molecule has 0 aromatic carbocycles. The van der Waals surface area contributed by atoms with Gasteiger partial charge in [-0.1, -0.05) is 73.1 Å². The Morgan fingerprint density at radius 2 is 1.57 bits per heavy atom. The molecule has 1 fully saturated rings. The summed E-state index contributed by atoms with van der Waals surface area (Å²) in [5.41, 5.74) is 0.983. The van der Waals surface area contributed by atoms with E-state index in [9.17, 15) is 30.3 Å². The van der Waals surface area contributed by atoms with Gasteiger partial charge in [0, 0.05) is 23.7 Å². The average molecular weight is 569 g/mol. The molecule has 1 aliphatic rings. The lowest BCUT2D eigenvalue weighted by atomic mass is 9.76. The molecule has 1 rings (SSSR count). The van der Waals surface area contributed by atoms with Crippen LogP contribution in [0.5, 0.6) is 0 Å². The Kier molecular flexibility index (Phi) is 16.2. The first kappa shape index (κ1) is 36.8. The topological polar surface area (TPSA) is 127 Å². The zero-order valence-electron chi connectivity index (χ0n) is 26.5. The molecule has 1 aliphatic heterocycles. The first-order chi connectivity index (χ1) is 18.6. The van der Waals surface area contributed by atoms with Gasteiger partial charge in [0.25, 0.3) is 0 Å². The van der Waals surface area contributed by atoms with Crippen molar-refractivity contribution in [3.05, 3.63) is 23.8 Å². The monoisotopic (exact) mass is 568 g/mol. The number of aliphatic hydroxyl groups excluding tert-OH is 4. The number of hydrogen-bond donors (Lipinski definition) is 5. The Morgan fingerprint density at radius 3 is 2.15 bits per heavy atom. The summed E-state index contributed by atoms with van der Waals surface area (Å²) in [6.07, 6.45) is 7.17. The number of hydrogen-bond acceptors (Lipinski definition) is 6. The maximum atomic E-state index is 11.5. The van der Waals surface area contributed by atoms with E-state index in [0.717, 1.165) is 24.8 Å². The summed E-state index contributed by atoms with van der Waals surface area (Å²) in [5.74, 6) is -2.17. The Morgan fingerprint density at radius 1 is 0.950 bits per heavy atom. The number of allylic oxidation sites excluding steroid dienone is 2. The van der Waals surface area contributed by atoms with Crippen LogP contribution in [0.1, 0.15) is 101 Å². The predicted octanol–water partition coefficient (Wildman–Crippen LogP) is 5.60. The predicted molar refractivity (Wildman–Crippen MR) is 161 cm³/mol. The van der Waals surface area contributed by atoms with Crippen LogP contribution in [-0.4, -0.2) is 68.1 Å². The molecular formula is C33H60O7. The van der Waals surface area contributed by atoms with Crippen molar-refractivity contribution in [3.8, 4) is 0 Å². The third-order valence-electron chi connectivity index (χ3n) is 9.35. The quantitative estimate of drug-likeness (QED) is 0.145. The summed E-state index contributed by atoms with van der Waals surface area (Å²) in [4.78, 5) is 11.5. The molecule has 0 spiro atoms. The van der Waals surface area contributed by atoms with Gasteiger partial charge in [-0.25, -0.2) is 0 Å². The van der Waals surface area contributed by atoms with E-state index in [1.54, 1.807) is 20.8 Å². The smallest absolute Gasteiger partial charge is 0.308 e. The third-order valence-corrected chi connectivity index (χ3v) is 9.35. The fraction of sp³-hybridized carbons (Fsp3) is 0.848. The van der Waals surface area contributed by atoms with E-state index in [-0.39, 0.29) is 23.9 Å². The summed E-state index contributed by atoms with van der Waals surface area (Å²) < 4.78 is 6.19. The highest BCUT2D eigenvalue weighted by atomic mass is 16.5. The van der Waals surface area contributed by atoms with E-state index in [1.807, 2.05) is 32.9 Å². The zero-order valence-corrected chi connectivity index (χ0v) is 26.5. The highest BCUT2D eigenvalue weighted by molar-refractivity contribution is 5.70. The molecule has 0 bridgehead atoms. The molecular weight excluding hydrogens is 508 g/mol. The maximum Gasteiger partial charge on any atom is 0.308 e. The van der Waals surface area contributed by atoms with Crippen LogP contribution < -0.4 is 0 Å². The Labute approximate surface area is 243 Å². The fourth-order valence-electron chi connectivity index (χ4n) is 6.19. The summed E-state index contributed by atoms with van der Waals surface area (Å²) in [6, 6.07) is 0. The summed E-state index contributed by atoms with van der Waals surface area (Å²) in [5, 5.41) is 53.1. The van der Waals surface area contributed by atoms with E-state index in [2.05, 4.69) is 26.8 Å². The Balaban J connectivity index is 2.66. The van der Waals surface area contributed by atoms with Crippen molar-refractivity contribution in [2.24, 2.45) is 41.4 Å². The van der Waals surface area contributed by atoms with Crippen LogP contribution in [-0.2, 0) is 9.53 Å². The van der Waals surface area contributed by atoms with Crippen LogP contribution in [0.25, 0.3) is 0 Å². The molecule has 7 heteroatoms. The van der Waals surface area contributed by atoms with E-state index >= 15 is 0 Å². The van der Waals surface area contributed by atoms with E-state index in [4.69, 9.17) is 4.74 Å². The van der Waals surface area contributed by atoms with Gasteiger partial charge >= 0.3 is 5.97 Å². The molecule has 1 heterocycles. The largest absolute Gasteiger partial charge is 0.481 e. The summed E-state index contributed by atoms with van der Waals surface area (Å²) in [6.45, 7) is 17.5. The lowest BCUT2D eigenvalue weighted by Gasteiger charge is -2.43. The summed E-state index contributed by atoms with van der Waals surface area (Å²) >= 11 is 0. The first-order valence-corrected chi connectivity index (χ1v) is 15.6. The van der Waals surface area contributed by atoms with Crippen molar-refractivity contribution < 1.29 is 35.1 Å². The van der Waals surface area contributed by atoms with Crippen molar-refractivity contribution >= 4 is 5.97 Å². The average Bonchev–Trinajstić information content (AvgIpc) is 2.92. The van der Waals surface area contributed by atoms with E-state index in [1.165, 1.54) is 0 Å². The molecule has 0 amide bonds. The maximum absolute atomic E-state index is 11.5. The lowest BCUT2D eigenvalue weighted by Crippen LogP contribution is -2.49. The molecule has 0 aromatic rings. The van der Waals surface area contributed by atoms with Gasteiger partial charge in [0.05, 0.1) is 42.5 Å². The fourth-order valence-corrected chi connectivity index (χ4v) is 6.19. The van der Waals surface area contributed by atoms with E-state index < -0.39 is 54.2 Å². The molecule has 1 saturated heterocycles. The first-order valence-electron chi connectivity index (χ1n) is 15.6.